The number of benzene rings is 1. The van der Waals surface area contributed by atoms with Crippen LogP contribution in [-0.2, 0) is 6.18 Å². The van der Waals surface area contributed by atoms with Crippen LogP contribution in [0.3, 0.4) is 0 Å². The van der Waals surface area contributed by atoms with Gasteiger partial charge in [0.25, 0.3) is 0 Å². The third-order valence-electron chi connectivity index (χ3n) is 1.42. The van der Waals surface area contributed by atoms with E-state index in [1.807, 2.05) is 0 Å². The molecule has 0 N–H and O–H groups in total. The van der Waals surface area contributed by atoms with E-state index in [0.29, 0.717) is 4.90 Å². The minimum atomic E-state index is -4.33. The summed E-state index contributed by atoms with van der Waals surface area (Å²) in [7, 11) is 14.6. The van der Waals surface area contributed by atoms with Gasteiger partial charge in [-0.2, -0.15) is 0 Å². The second-order valence-corrected chi connectivity index (χ2v) is 24.9. The molecule has 84 valence electrons. The molecule has 0 saturated heterocycles. The first-order valence-electron chi connectivity index (χ1n) is 3.61. The molecule has 0 unspecified atom stereocenters. The van der Waals surface area contributed by atoms with Gasteiger partial charge in [0.05, 0.1) is 0 Å². The van der Waals surface area contributed by atoms with Crippen LogP contribution < -0.4 is 0 Å². The molecule has 1 aromatic rings. The molecule has 0 heterocycles. The Morgan fingerprint density at radius 3 is 1.80 bits per heavy atom. The van der Waals surface area contributed by atoms with E-state index in [4.69, 9.17) is 30.0 Å². The molecule has 0 bridgehead atoms. The van der Waals surface area contributed by atoms with E-state index in [1.54, 1.807) is 0 Å². The Kier molecular flexibility index (Phi) is 4.57. The number of halogens is 6. The van der Waals surface area contributed by atoms with Crippen LogP contribution in [-0.4, -0.2) is 9.34 Å². The second kappa shape index (κ2) is 4.96. The summed E-state index contributed by atoms with van der Waals surface area (Å²) in [6.07, 6.45) is -4.33. The standard InChI is InChI=1S/C7H4Cl3F3GeS/c8-14(9,10)15-6-3-1-5(2-4-6)7(11,12)13/h1-4H. The quantitative estimate of drug-likeness (QED) is 0.676. The average Bonchev–Trinajstić information content (AvgIpc) is 2.00. The average molecular weight is 356 g/mol. The first-order chi connectivity index (χ1) is 6.68. The zero-order valence-electron chi connectivity index (χ0n) is 6.99. The summed E-state index contributed by atoms with van der Waals surface area (Å²) < 4.78 is 36.6. The molecule has 1 rings (SSSR count). The Bertz CT molecular complexity index is 333. The summed E-state index contributed by atoms with van der Waals surface area (Å²) in [5.74, 6) is 0. The van der Waals surface area contributed by atoms with E-state index in [2.05, 4.69) is 0 Å². The molecule has 0 fully saturated rings. The molecule has 0 aliphatic heterocycles. The summed E-state index contributed by atoms with van der Waals surface area (Å²) in [4.78, 5) is 0.544. The number of alkyl halides is 3. The zero-order chi connectivity index (χ0) is 11.7. The van der Waals surface area contributed by atoms with Crippen molar-refractivity contribution in [1.82, 2.24) is 0 Å². The zero-order valence-corrected chi connectivity index (χ0v) is 12.2. The van der Waals surface area contributed by atoms with Crippen molar-refractivity contribution in [2.75, 3.05) is 0 Å². The molecule has 0 spiro atoms. The fourth-order valence-electron chi connectivity index (χ4n) is 0.846. The minimum absolute atomic E-state index is 0.544. The van der Waals surface area contributed by atoms with Crippen LogP contribution in [0, 0.1) is 0 Å². The molecule has 8 heteroatoms. The normalized spacial score (nSPS) is 12.9. The van der Waals surface area contributed by atoms with E-state index in [-0.39, 0.29) is 0 Å². The van der Waals surface area contributed by atoms with Gasteiger partial charge in [-0.05, 0) is 0 Å². The molecule has 0 nitrogen and oxygen atoms in total. The van der Waals surface area contributed by atoms with Crippen molar-refractivity contribution in [2.24, 2.45) is 0 Å². The van der Waals surface area contributed by atoms with Crippen molar-refractivity contribution >= 4 is 49.5 Å². The SMILES string of the molecule is FC(F)(F)c1ccc([S][Ge]([Cl])([Cl])[Cl])cc1. The van der Waals surface area contributed by atoms with Crippen molar-refractivity contribution in [3.8, 4) is 0 Å². The van der Waals surface area contributed by atoms with Gasteiger partial charge in [0.15, 0.2) is 0 Å². The Balaban J connectivity index is 2.82. The van der Waals surface area contributed by atoms with Crippen LogP contribution >= 0.6 is 40.1 Å². The summed E-state index contributed by atoms with van der Waals surface area (Å²) in [5.41, 5.74) is -0.705. The predicted molar refractivity (Wildman–Crippen MR) is 60.6 cm³/mol. The van der Waals surface area contributed by atoms with Crippen molar-refractivity contribution in [1.29, 1.82) is 0 Å². The first kappa shape index (κ1) is 13.8. The molecule has 0 atom stereocenters. The topological polar surface area (TPSA) is 0 Å². The Hall–Kier alpha value is 0.773. The molecular weight excluding hydrogens is 352 g/mol. The summed E-state index contributed by atoms with van der Waals surface area (Å²) in [6, 6.07) is 4.56. The Labute approximate surface area is 103 Å². The Morgan fingerprint density at radius 1 is 1.00 bits per heavy atom. The molecule has 0 aliphatic carbocycles. The Morgan fingerprint density at radius 2 is 1.47 bits per heavy atom. The molecule has 1 aromatic carbocycles. The monoisotopic (exact) mass is 356 g/mol. The molecule has 0 aromatic heterocycles. The molecule has 15 heavy (non-hydrogen) atoms. The van der Waals surface area contributed by atoms with Gasteiger partial charge in [-0.1, -0.05) is 0 Å². The fourth-order valence-corrected chi connectivity index (χ4v) is 8.09. The predicted octanol–water partition coefficient (Wildman–Crippen LogP) is 4.95. The van der Waals surface area contributed by atoms with Crippen molar-refractivity contribution in [2.45, 2.75) is 11.1 Å². The molecule has 0 radical (unpaired) electrons. The van der Waals surface area contributed by atoms with Gasteiger partial charge in [0.1, 0.15) is 0 Å². The number of hydrogen-bond donors (Lipinski definition) is 0. The molecule has 0 aliphatic rings. The van der Waals surface area contributed by atoms with E-state index < -0.39 is 21.1 Å². The van der Waals surface area contributed by atoms with Crippen molar-refractivity contribution in [3.05, 3.63) is 29.8 Å². The molecular formula is C7H4Cl3F3GeS. The third-order valence-corrected chi connectivity index (χ3v) is 8.70. The summed E-state index contributed by atoms with van der Waals surface area (Å²) in [6.45, 7) is 0. The molecule has 0 saturated carbocycles. The maximum atomic E-state index is 12.2. The van der Waals surface area contributed by atoms with Crippen LogP contribution in [0.5, 0.6) is 0 Å². The van der Waals surface area contributed by atoms with Gasteiger partial charge >= 0.3 is 104 Å². The van der Waals surface area contributed by atoms with Gasteiger partial charge in [-0.3, -0.25) is 0 Å². The third kappa shape index (κ3) is 5.08. The van der Waals surface area contributed by atoms with Gasteiger partial charge in [-0.15, -0.1) is 0 Å². The van der Waals surface area contributed by atoms with Crippen molar-refractivity contribution in [3.63, 3.8) is 0 Å². The van der Waals surface area contributed by atoms with E-state index in [0.717, 1.165) is 22.2 Å². The van der Waals surface area contributed by atoms with Gasteiger partial charge < -0.3 is 0 Å². The number of hydrogen-bond acceptors (Lipinski definition) is 1. The van der Waals surface area contributed by atoms with E-state index in [9.17, 15) is 13.2 Å². The van der Waals surface area contributed by atoms with Gasteiger partial charge in [-0.25, -0.2) is 0 Å². The van der Waals surface area contributed by atoms with Gasteiger partial charge in [0, 0.05) is 0 Å². The van der Waals surface area contributed by atoms with Gasteiger partial charge in [0.2, 0.25) is 0 Å². The van der Waals surface area contributed by atoms with Crippen LogP contribution in [0.15, 0.2) is 29.2 Å². The molecule has 0 amide bonds. The summed E-state index contributed by atoms with van der Waals surface area (Å²) >= 11 is 0. The maximum absolute atomic E-state index is 12.2. The van der Waals surface area contributed by atoms with E-state index in [1.165, 1.54) is 12.1 Å². The van der Waals surface area contributed by atoms with Crippen molar-refractivity contribution < 1.29 is 13.2 Å². The van der Waals surface area contributed by atoms with Crippen LogP contribution in [0.2, 0.25) is 0 Å². The summed E-state index contributed by atoms with van der Waals surface area (Å²) in [5, 5.41) is 0. The van der Waals surface area contributed by atoms with Crippen LogP contribution in [0.4, 0.5) is 13.2 Å². The second-order valence-electron chi connectivity index (χ2n) is 2.57. The first-order valence-corrected chi connectivity index (χ1v) is 15.3. The van der Waals surface area contributed by atoms with Crippen LogP contribution in [0.25, 0.3) is 0 Å². The van der Waals surface area contributed by atoms with Crippen LogP contribution in [0.1, 0.15) is 5.56 Å². The number of rotatable bonds is 2. The fraction of sp³-hybridized carbons (Fsp3) is 0.143. The van der Waals surface area contributed by atoms with E-state index >= 15 is 0 Å².